The van der Waals surface area contributed by atoms with E-state index >= 15 is 0 Å². The topological polar surface area (TPSA) is 51.4 Å². The van der Waals surface area contributed by atoms with Crippen molar-refractivity contribution in [2.75, 3.05) is 7.11 Å². The van der Waals surface area contributed by atoms with Crippen molar-refractivity contribution in [3.63, 3.8) is 0 Å². The van der Waals surface area contributed by atoms with Gasteiger partial charge in [0.1, 0.15) is 5.75 Å². The Bertz CT molecular complexity index is 1200. The van der Waals surface area contributed by atoms with Crippen molar-refractivity contribution >= 4 is 28.6 Å². The van der Waals surface area contributed by atoms with Crippen LogP contribution in [0.25, 0.3) is 16.9 Å². The number of halogens is 1. The normalized spacial score (nSPS) is 15.7. The number of hydrogen-bond acceptors (Lipinski definition) is 5. The van der Waals surface area contributed by atoms with Crippen LogP contribution in [0.3, 0.4) is 0 Å². The van der Waals surface area contributed by atoms with E-state index in [0.717, 1.165) is 40.4 Å². The first-order valence-electron chi connectivity index (χ1n) is 9.57. The number of aromatic nitrogens is 2. The second kappa shape index (κ2) is 7.97. The summed E-state index contributed by atoms with van der Waals surface area (Å²) in [4.78, 5) is 1.19. The molecule has 0 radical (unpaired) electrons. The summed E-state index contributed by atoms with van der Waals surface area (Å²) in [5.41, 5.74) is 8.34. The minimum absolute atomic E-state index is 0.0483. The van der Waals surface area contributed by atoms with E-state index < -0.39 is 0 Å². The number of rotatable bonds is 5. The van der Waals surface area contributed by atoms with Gasteiger partial charge in [0.2, 0.25) is 0 Å². The number of ether oxygens (including phenoxy) is 1. The van der Waals surface area contributed by atoms with Gasteiger partial charge in [-0.15, -0.1) is 11.3 Å². The molecule has 150 valence electrons. The van der Waals surface area contributed by atoms with Gasteiger partial charge in [-0.05, 0) is 53.9 Å². The SMILES string of the molecule is COc1ccc(-c2nn(-c3cccc(Cl)c3)cc2C2CC(c3cccs3)=NN2)cc1. The van der Waals surface area contributed by atoms with Crippen LogP contribution in [-0.2, 0) is 0 Å². The van der Waals surface area contributed by atoms with Crippen molar-refractivity contribution in [1.82, 2.24) is 15.2 Å². The lowest BCUT2D eigenvalue weighted by Gasteiger charge is -2.10. The highest BCUT2D eigenvalue weighted by molar-refractivity contribution is 7.12. The van der Waals surface area contributed by atoms with Gasteiger partial charge in [-0.1, -0.05) is 23.7 Å². The second-order valence-electron chi connectivity index (χ2n) is 7.01. The fraction of sp³-hybridized carbons (Fsp3) is 0.130. The van der Waals surface area contributed by atoms with Crippen LogP contribution in [0.15, 0.2) is 77.3 Å². The average molecular weight is 435 g/mol. The molecule has 0 amide bonds. The third-order valence-electron chi connectivity index (χ3n) is 5.11. The molecule has 7 heteroatoms. The number of thiophene rings is 1. The lowest BCUT2D eigenvalue weighted by Crippen LogP contribution is -2.10. The maximum Gasteiger partial charge on any atom is 0.118 e. The first-order valence-corrected chi connectivity index (χ1v) is 10.8. The van der Waals surface area contributed by atoms with E-state index in [1.165, 1.54) is 4.88 Å². The summed E-state index contributed by atoms with van der Waals surface area (Å²) < 4.78 is 7.19. The summed E-state index contributed by atoms with van der Waals surface area (Å²) in [5, 5.41) is 12.3. The Balaban J connectivity index is 1.54. The lowest BCUT2D eigenvalue weighted by molar-refractivity contribution is 0.415. The molecule has 5 rings (SSSR count). The van der Waals surface area contributed by atoms with E-state index in [2.05, 4.69) is 34.2 Å². The van der Waals surface area contributed by atoms with Crippen LogP contribution in [0.5, 0.6) is 5.75 Å². The monoisotopic (exact) mass is 434 g/mol. The van der Waals surface area contributed by atoms with Crippen molar-refractivity contribution in [3.8, 4) is 22.7 Å². The number of hydrazone groups is 1. The quantitative estimate of drug-likeness (QED) is 0.438. The van der Waals surface area contributed by atoms with Gasteiger partial charge in [0, 0.05) is 28.8 Å². The molecule has 2 aromatic carbocycles. The number of benzene rings is 2. The molecule has 4 aromatic rings. The van der Waals surface area contributed by atoms with E-state index in [1.54, 1.807) is 18.4 Å². The molecule has 30 heavy (non-hydrogen) atoms. The molecule has 0 fully saturated rings. The van der Waals surface area contributed by atoms with Crippen molar-refractivity contribution in [1.29, 1.82) is 0 Å². The van der Waals surface area contributed by atoms with E-state index in [0.29, 0.717) is 5.02 Å². The Labute approximate surface area is 183 Å². The van der Waals surface area contributed by atoms with Crippen LogP contribution < -0.4 is 10.2 Å². The van der Waals surface area contributed by atoms with Gasteiger partial charge in [0.05, 0.1) is 35.1 Å². The molecule has 0 saturated carbocycles. The molecule has 0 aliphatic carbocycles. The van der Waals surface area contributed by atoms with E-state index in [4.69, 9.17) is 21.4 Å². The van der Waals surface area contributed by atoms with Crippen molar-refractivity contribution in [2.45, 2.75) is 12.5 Å². The largest absolute Gasteiger partial charge is 0.497 e. The average Bonchev–Trinajstić information content (AvgIpc) is 3.53. The second-order valence-corrected chi connectivity index (χ2v) is 8.39. The number of methoxy groups -OCH3 is 1. The van der Waals surface area contributed by atoms with E-state index in [9.17, 15) is 0 Å². The summed E-state index contributed by atoms with van der Waals surface area (Å²) in [6, 6.07) is 19.9. The van der Waals surface area contributed by atoms with Crippen LogP contribution in [0.4, 0.5) is 0 Å². The Morgan fingerprint density at radius 1 is 1.13 bits per heavy atom. The minimum Gasteiger partial charge on any atom is -0.497 e. The van der Waals surface area contributed by atoms with Crippen LogP contribution in [-0.4, -0.2) is 22.6 Å². The summed E-state index contributed by atoms with van der Waals surface area (Å²) in [6.07, 6.45) is 2.88. The van der Waals surface area contributed by atoms with Crippen molar-refractivity contribution in [2.24, 2.45) is 5.10 Å². The third kappa shape index (κ3) is 3.60. The van der Waals surface area contributed by atoms with Crippen LogP contribution >= 0.6 is 22.9 Å². The summed E-state index contributed by atoms with van der Waals surface area (Å²) in [5.74, 6) is 0.817. The maximum atomic E-state index is 6.21. The molecule has 0 bridgehead atoms. The van der Waals surface area contributed by atoms with Crippen molar-refractivity contribution in [3.05, 3.63) is 87.7 Å². The molecule has 1 unspecified atom stereocenters. The zero-order valence-electron chi connectivity index (χ0n) is 16.2. The van der Waals surface area contributed by atoms with Gasteiger partial charge in [-0.25, -0.2) is 4.68 Å². The molecule has 1 aliphatic rings. The van der Waals surface area contributed by atoms with E-state index in [1.807, 2.05) is 53.2 Å². The van der Waals surface area contributed by atoms with Crippen LogP contribution in [0.2, 0.25) is 5.02 Å². The molecule has 0 saturated heterocycles. The predicted molar refractivity (Wildman–Crippen MR) is 122 cm³/mol. The zero-order chi connectivity index (χ0) is 20.5. The van der Waals surface area contributed by atoms with Gasteiger partial charge in [0.15, 0.2) is 0 Å². The highest BCUT2D eigenvalue weighted by atomic mass is 35.5. The third-order valence-corrected chi connectivity index (χ3v) is 6.27. The highest BCUT2D eigenvalue weighted by Crippen LogP contribution is 2.34. The molecule has 1 aliphatic heterocycles. The molecule has 5 nitrogen and oxygen atoms in total. The van der Waals surface area contributed by atoms with Gasteiger partial charge < -0.3 is 10.2 Å². The smallest absolute Gasteiger partial charge is 0.118 e. The highest BCUT2D eigenvalue weighted by Gasteiger charge is 2.27. The molecule has 3 heterocycles. The Kier molecular flexibility index (Phi) is 5.02. The molecular formula is C23H19ClN4OS. The van der Waals surface area contributed by atoms with Crippen LogP contribution in [0.1, 0.15) is 22.9 Å². The fourth-order valence-corrected chi connectivity index (χ4v) is 4.50. The van der Waals surface area contributed by atoms with Crippen LogP contribution in [0, 0.1) is 0 Å². The lowest BCUT2D eigenvalue weighted by atomic mass is 9.99. The first-order chi connectivity index (χ1) is 14.7. The van der Waals surface area contributed by atoms with Gasteiger partial charge in [0.25, 0.3) is 0 Å². The molecule has 1 N–H and O–H groups in total. The molecule has 1 atom stereocenters. The molecular weight excluding hydrogens is 416 g/mol. The summed E-state index contributed by atoms with van der Waals surface area (Å²) in [6.45, 7) is 0. The maximum absolute atomic E-state index is 6.21. The Morgan fingerprint density at radius 3 is 2.73 bits per heavy atom. The summed E-state index contributed by atoms with van der Waals surface area (Å²) in [7, 11) is 1.67. The summed E-state index contributed by atoms with van der Waals surface area (Å²) >= 11 is 7.92. The molecule has 2 aromatic heterocycles. The standard InChI is InChI=1S/C23H19ClN4OS/c1-29-18-9-7-15(8-10-18)23-19(14-28(27-23)17-5-2-4-16(24)12-17)20-13-21(26-25-20)22-6-3-11-30-22/h2-12,14,20,25H,13H2,1H3. The van der Waals surface area contributed by atoms with Gasteiger partial charge in [-0.2, -0.15) is 10.2 Å². The van der Waals surface area contributed by atoms with Gasteiger partial charge in [-0.3, -0.25) is 0 Å². The van der Waals surface area contributed by atoms with Crippen molar-refractivity contribution < 1.29 is 4.74 Å². The minimum atomic E-state index is 0.0483. The Morgan fingerprint density at radius 2 is 2.00 bits per heavy atom. The number of hydrogen-bond donors (Lipinski definition) is 1. The number of nitrogens with one attached hydrogen (secondary N) is 1. The predicted octanol–water partition coefficient (Wildman–Crippen LogP) is 5.70. The zero-order valence-corrected chi connectivity index (χ0v) is 17.8. The van der Waals surface area contributed by atoms with E-state index in [-0.39, 0.29) is 6.04 Å². The fourth-order valence-electron chi connectivity index (χ4n) is 3.58. The molecule has 0 spiro atoms. The number of nitrogens with zero attached hydrogens (tertiary/aromatic N) is 3. The first kappa shape index (κ1) is 18.9. The van der Waals surface area contributed by atoms with Gasteiger partial charge >= 0.3 is 0 Å². The Hall–Kier alpha value is -3.09.